The summed E-state index contributed by atoms with van der Waals surface area (Å²) in [5.41, 5.74) is 7.07. The Labute approximate surface area is 180 Å². The molecule has 0 aliphatic heterocycles. The first-order valence-electron chi connectivity index (χ1n) is 8.96. The van der Waals surface area contributed by atoms with Gasteiger partial charge < -0.3 is 25.8 Å². The lowest BCUT2D eigenvalue weighted by Crippen LogP contribution is -2.29. The molecule has 2 rings (SSSR count). The lowest BCUT2D eigenvalue weighted by molar-refractivity contribution is -0.122. The molecule has 0 fully saturated rings. The van der Waals surface area contributed by atoms with Gasteiger partial charge in [0.05, 0.1) is 6.04 Å². The standard InChI is InChI=1S/C16H24BClN6O4.ClH/c18-13-7-5-12(6-8-13)10-20-15(25)11-24-16(21-22-23-24)14(19)4-2-1-3-9-28-17(26)27;/h5-8,14,26-27H,1-4,9-11,19H2,(H,20,25);1H. The van der Waals surface area contributed by atoms with Crippen molar-refractivity contribution in [2.24, 2.45) is 5.73 Å². The maximum absolute atomic E-state index is 12.2. The quantitative estimate of drug-likeness (QED) is 0.273. The van der Waals surface area contributed by atoms with Gasteiger partial charge in [0, 0.05) is 18.2 Å². The Hall–Kier alpha value is -1.76. The van der Waals surface area contributed by atoms with Crippen molar-refractivity contribution in [1.29, 1.82) is 0 Å². The van der Waals surface area contributed by atoms with E-state index in [1.807, 2.05) is 12.1 Å². The fraction of sp³-hybridized carbons (Fsp3) is 0.500. The van der Waals surface area contributed by atoms with Crippen LogP contribution in [0, 0.1) is 0 Å². The molecule has 1 atom stereocenters. The Morgan fingerprint density at radius 1 is 1.28 bits per heavy atom. The van der Waals surface area contributed by atoms with E-state index in [1.54, 1.807) is 12.1 Å². The largest absolute Gasteiger partial charge is 0.633 e. The summed E-state index contributed by atoms with van der Waals surface area (Å²) in [7, 11) is -1.74. The second kappa shape index (κ2) is 13.5. The predicted octanol–water partition coefficient (Wildman–Crippen LogP) is 0.611. The first kappa shape index (κ1) is 25.3. The van der Waals surface area contributed by atoms with Gasteiger partial charge in [0.15, 0.2) is 5.82 Å². The molecule has 1 amide bonds. The molecule has 0 spiro atoms. The highest BCUT2D eigenvalue weighted by Crippen LogP contribution is 2.14. The molecule has 13 heteroatoms. The number of carbonyl (C=O) groups excluding carboxylic acids is 1. The monoisotopic (exact) mass is 446 g/mol. The summed E-state index contributed by atoms with van der Waals surface area (Å²) >= 11 is 5.84. The van der Waals surface area contributed by atoms with Crippen molar-refractivity contribution < 1.29 is 19.5 Å². The SMILES string of the molecule is Cl.NC(CCCCCOB(O)O)c1nnnn1CC(=O)NCc1ccc(Cl)cc1. The number of hydrogen-bond donors (Lipinski definition) is 4. The van der Waals surface area contributed by atoms with Gasteiger partial charge >= 0.3 is 7.32 Å². The highest BCUT2D eigenvalue weighted by atomic mass is 35.5. The summed E-state index contributed by atoms with van der Waals surface area (Å²) in [6, 6.07) is 6.81. The summed E-state index contributed by atoms with van der Waals surface area (Å²) in [5, 5.41) is 32.0. The van der Waals surface area contributed by atoms with E-state index in [4.69, 9.17) is 27.4 Å². The summed E-state index contributed by atoms with van der Waals surface area (Å²) < 4.78 is 6.03. The molecule has 1 unspecified atom stereocenters. The van der Waals surface area contributed by atoms with Crippen LogP contribution in [0.15, 0.2) is 24.3 Å². The maximum atomic E-state index is 12.2. The van der Waals surface area contributed by atoms with Gasteiger partial charge in [-0.25, -0.2) is 4.68 Å². The van der Waals surface area contributed by atoms with Crippen molar-refractivity contribution in [2.75, 3.05) is 6.61 Å². The maximum Gasteiger partial charge on any atom is 0.633 e. The van der Waals surface area contributed by atoms with E-state index in [2.05, 4.69) is 25.5 Å². The molecule has 0 aliphatic rings. The van der Waals surface area contributed by atoms with Crippen LogP contribution in [0.1, 0.15) is 43.1 Å². The number of unbranched alkanes of at least 4 members (excludes halogenated alkanes) is 2. The zero-order chi connectivity index (χ0) is 20.4. The molecule has 0 aliphatic carbocycles. The van der Waals surface area contributed by atoms with Crippen LogP contribution in [-0.4, -0.2) is 50.1 Å². The van der Waals surface area contributed by atoms with Gasteiger partial charge in [0.1, 0.15) is 6.54 Å². The summed E-state index contributed by atoms with van der Waals surface area (Å²) in [6.45, 7) is 0.619. The minimum absolute atomic E-state index is 0. The van der Waals surface area contributed by atoms with E-state index in [9.17, 15) is 4.79 Å². The third kappa shape index (κ3) is 9.53. The fourth-order valence-electron chi connectivity index (χ4n) is 2.55. The van der Waals surface area contributed by atoms with Gasteiger partial charge in [0.25, 0.3) is 0 Å². The number of carbonyl (C=O) groups is 1. The van der Waals surface area contributed by atoms with E-state index in [-0.39, 0.29) is 31.5 Å². The first-order chi connectivity index (χ1) is 13.5. The van der Waals surface area contributed by atoms with Crippen molar-refractivity contribution in [3.63, 3.8) is 0 Å². The molecule has 2 aromatic rings. The summed E-state index contributed by atoms with van der Waals surface area (Å²) in [6.07, 6.45) is 2.92. The van der Waals surface area contributed by atoms with Crippen molar-refractivity contribution in [1.82, 2.24) is 25.5 Å². The number of amides is 1. The number of halogens is 2. The number of nitrogens with two attached hydrogens (primary N) is 1. The lowest BCUT2D eigenvalue weighted by atomic mass is 10.1. The van der Waals surface area contributed by atoms with E-state index < -0.39 is 13.4 Å². The molecule has 0 bridgehead atoms. The molecular formula is C16H25BCl2N6O4. The molecule has 10 nitrogen and oxygen atoms in total. The zero-order valence-corrected chi connectivity index (χ0v) is 17.3. The Kier molecular flexibility index (Phi) is 11.7. The Balaban J connectivity index is 0.00000420. The Morgan fingerprint density at radius 3 is 2.69 bits per heavy atom. The number of tetrazole rings is 1. The van der Waals surface area contributed by atoms with Crippen molar-refractivity contribution in [2.45, 2.75) is 44.8 Å². The number of nitrogens with zero attached hydrogens (tertiary/aromatic N) is 4. The Morgan fingerprint density at radius 2 is 2.00 bits per heavy atom. The fourth-order valence-corrected chi connectivity index (χ4v) is 2.67. The van der Waals surface area contributed by atoms with Gasteiger partial charge in [-0.05, 0) is 41.0 Å². The highest BCUT2D eigenvalue weighted by molar-refractivity contribution is 6.32. The third-order valence-corrected chi connectivity index (χ3v) is 4.27. The molecular weight excluding hydrogens is 422 g/mol. The second-order valence-electron chi connectivity index (χ2n) is 6.25. The van der Waals surface area contributed by atoms with Gasteiger partial charge in [-0.2, -0.15) is 0 Å². The van der Waals surface area contributed by atoms with E-state index >= 15 is 0 Å². The summed E-state index contributed by atoms with van der Waals surface area (Å²) in [5.74, 6) is 0.221. The summed E-state index contributed by atoms with van der Waals surface area (Å²) in [4.78, 5) is 12.2. The van der Waals surface area contributed by atoms with Crippen LogP contribution in [0.4, 0.5) is 0 Å². The van der Waals surface area contributed by atoms with E-state index in [0.717, 1.165) is 18.4 Å². The molecule has 1 aromatic carbocycles. The van der Waals surface area contributed by atoms with Crippen LogP contribution >= 0.6 is 24.0 Å². The minimum Gasteiger partial charge on any atom is -0.402 e. The van der Waals surface area contributed by atoms with Crippen molar-refractivity contribution in [3.8, 4) is 0 Å². The topological polar surface area (TPSA) is 148 Å². The normalized spacial score (nSPS) is 11.6. The van der Waals surface area contributed by atoms with E-state index in [0.29, 0.717) is 30.2 Å². The number of aromatic nitrogens is 4. The molecule has 0 saturated carbocycles. The predicted molar refractivity (Wildman–Crippen MR) is 110 cm³/mol. The molecule has 5 N–H and O–H groups in total. The van der Waals surface area contributed by atoms with Crippen LogP contribution in [0.3, 0.4) is 0 Å². The molecule has 1 aromatic heterocycles. The van der Waals surface area contributed by atoms with Gasteiger partial charge in [-0.3, -0.25) is 4.79 Å². The van der Waals surface area contributed by atoms with Crippen molar-refractivity contribution in [3.05, 3.63) is 40.7 Å². The van der Waals surface area contributed by atoms with Crippen LogP contribution in [0.25, 0.3) is 0 Å². The molecule has 0 radical (unpaired) electrons. The molecule has 160 valence electrons. The molecule has 1 heterocycles. The van der Waals surface area contributed by atoms with Crippen molar-refractivity contribution >= 4 is 37.2 Å². The van der Waals surface area contributed by atoms with Crippen LogP contribution in [0.2, 0.25) is 5.02 Å². The highest BCUT2D eigenvalue weighted by Gasteiger charge is 2.17. The second-order valence-corrected chi connectivity index (χ2v) is 6.69. The van der Waals surface area contributed by atoms with E-state index in [1.165, 1.54) is 4.68 Å². The minimum atomic E-state index is -1.74. The number of nitrogens with one attached hydrogen (secondary N) is 1. The van der Waals surface area contributed by atoms with Gasteiger partial charge in [0.2, 0.25) is 5.91 Å². The smallest absolute Gasteiger partial charge is 0.402 e. The lowest BCUT2D eigenvalue weighted by Gasteiger charge is -2.12. The number of benzene rings is 1. The average molecular weight is 447 g/mol. The third-order valence-electron chi connectivity index (χ3n) is 4.01. The molecule has 0 saturated heterocycles. The van der Waals surface area contributed by atoms with Gasteiger partial charge in [-0.15, -0.1) is 17.5 Å². The first-order valence-corrected chi connectivity index (χ1v) is 9.34. The van der Waals surface area contributed by atoms with Crippen LogP contribution < -0.4 is 11.1 Å². The number of rotatable bonds is 12. The average Bonchev–Trinajstić information content (AvgIpc) is 3.12. The zero-order valence-electron chi connectivity index (χ0n) is 15.8. The van der Waals surface area contributed by atoms with Crippen LogP contribution in [0.5, 0.6) is 0 Å². The van der Waals surface area contributed by atoms with Crippen LogP contribution in [-0.2, 0) is 22.5 Å². The number of hydrogen-bond acceptors (Lipinski definition) is 8. The molecule has 29 heavy (non-hydrogen) atoms. The van der Waals surface area contributed by atoms with Gasteiger partial charge in [-0.1, -0.05) is 36.6 Å². The Bertz CT molecular complexity index is 734.